The third-order valence-corrected chi connectivity index (χ3v) is 4.39. The van der Waals surface area contributed by atoms with Gasteiger partial charge in [0, 0.05) is 22.2 Å². The molecule has 1 N–H and O–H groups in total. The maximum absolute atomic E-state index is 12.6. The molecule has 1 amide bonds. The molecule has 0 fully saturated rings. The molecular formula is C19H17ClN2O2. The molecule has 0 saturated carbocycles. The highest BCUT2D eigenvalue weighted by Crippen LogP contribution is 2.25. The highest BCUT2D eigenvalue weighted by molar-refractivity contribution is 6.31. The van der Waals surface area contributed by atoms with E-state index < -0.39 is 0 Å². The van der Waals surface area contributed by atoms with Crippen molar-refractivity contribution >= 4 is 34.1 Å². The number of rotatable bonds is 3. The smallest absolute Gasteiger partial charge is 0.257 e. The van der Waals surface area contributed by atoms with Crippen LogP contribution in [0.5, 0.6) is 5.75 Å². The van der Waals surface area contributed by atoms with Crippen LogP contribution in [0.15, 0.2) is 42.5 Å². The molecule has 1 heterocycles. The minimum atomic E-state index is -0.205. The highest BCUT2D eigenvalue weighted by atomic mass is 35.5. The van der Waals surface area contributed by atoms with Crippen LogP contribution >= 0.6 is 11.6 Å². The lowest BCUT2D eigenvalue weighted by Gasteiger charge is -2.12. The summed E-state index contributed by atoms with van der Waals surface area (Å²) < 4.78 is 5.21. The van der Waals surface area contributed by atoms with Gasteiger partial charge in [0.05, 0.1) is 23.9 Å². The van der Waals surface area contributed by atoms with Crippen molar-refractivity contribution in [1.82, 2.24) is 4.98 Å². The van der Waals surface area contributed by atoms with Crippen molar-refractivity contribution in [3.05, 3.63) is 64.3 Å². The van der Waals surface area contributed by atoms with Crippen LogP contribution in [0, 0.1) is 13.8 Å². The van der Waals surface area contributed by atoms with Crippen LogP contribution in [0.1, 0.15) is 21.6 Å². The monoisotopic (exact) mass is 340 g/mol. The van der Waals surface area contributed by atoms with E-state index in [0.717, 1.165) is 22.2 Å². The van der Waals surface area contributed by atoms with Crippen molar-refractivity contribution in [1.29, 1.82) is 0 Å². The number of methoxy groups -OCH3 is 1. The molecule has 0 aliphatic carbocycles. The summed E-state index contributed by atoms with van der Waals surface area (Å²) in [6.07, 6.45) is 0. The number of fused-ring (bicyclic) bond motifs is 1. The van der Waals surface area contributed by atoms with E-state index in [4.69, 9.17) is 16.3 Å². The summed E-state index contributed by atoms with van der Waals surface area (Å²) in [4.78, 5) is 17.2. The molecule has 0 saturated heterocycles. The van der Waals surface area contributed by atoms with Crippen LogP contribution in [-0.4, -0.2) is 18.0 Å². The Morgan fingerprint density at radius 2 is 1.96 bits per heavy atom. The van der Waals surface area contributed by atoms with Gasteiger partial charge in [0.25, 0.3) is 5.91 Å². The predicted molar refractivity (Wildman–Crippen MR) is 97.2 cm³/mol. The van der Waals surface area contributed by atoms with E-state index >= 15 is 0 Å². The first-order valence-electron chi connectivity index (χ1n) is 7.51. The molecule has 5 heteroatoms. The number of halogens is 1. The molecule has 3 aromatic rings. The summed E-state index contributed by atoms with van der Waals surface area (Å²) in [7, 11) is 1.61. The van der Waals surface area contributed by atoms with Crippen LogP contribution < -0.4 is 10.1 Å². The largest absolute Gasteiger partial charge is 0.497 e. The second-order valence-corrected chi connectivity index (χ2v) is 5.95. The number of amides is 1. The number of nitrogens with zero attached hydrogens (tertiary/aromatic N) is 1. The van der Waals surface area contributed by atoms with Gasteiger partial charge in [-0.05, 0) is 49.7 Å². The Labute approximate surface area is 145 Å². The van der Waals surface area contributed by atoms with Crippen molar-refractivity contribution in [2.45, 2.75) is 13.8 Å². The SMILES string of the molecule is COc1ccc2cc(C(=O)Nc3cccc(Cl)c3C)c(C)nc2c1. The average molecular weight is 341 g/mol. The number of carbonyl (C=O) groups excluding carboxylic acids is 1. The Morgan fingerprint density at radius 1 is 1.17 bits per heavy atom. The minimum Gasteiger partial charge on any atom is -0.497 e. The summed E-state index contributed by atoms with van der Waals surface area (Å²) in [5.41, 5.74) is 3.52. The molecule has 122 valence electrons. The third-order valence-electron chi connectivity index (χ3n) is 3.98. The molecule has 0 aliphatic rings. The van der Waals surface area contributed by atoms with Crippen molar-refractivity contribution in [3.63, 3.8) is 0 Å². The molecule has 24 heavy (non-hydrogen) atoms. The Kier molecular flexibility index (Phi) is 4.40. The quantitative estimate of drug-likeness (QED) is 0.747. The fourth-order valence-corrected chi connectivity index (χ4v) is 2.71. The lowest BCUT2D eigenvalue weighted by atomic mass is 10.1. The Hall–Kier alpha value is -2.59. The normalized spacial score (nSPS) is 10.7. The second-order valence-electron chi connectivity index (χ2n) is 5.55. The van der Waals surface area contributed by atoms with Crippen molar-refractivity contribution in [3.8, 4) is 5.75 Å². The van der Waals surface area contributed by atoms with Crippen molar-refractivity contribution in [2.24, 2.45) is 0 Å². The first kappa shape index (κ1) is 16.3. The number of ether oxygens (including phenoxy) is 1. The van der Waals surface area contributed by atoms with Crippen LogP contribution in [-0.2, 0) is 0 Å². The number of pyridine rings is 1. The summed E-state index contributed by atoms with van der Waals surface area (Å²) >= 11 is 6.11. The van der Waals surface area contributed by atoms with Gasteiger partial charge in [-0.1, -0.05) is 17.7 Å². The van der Waals surface area contributed by atoms with Crippen LogP contribution in [0.4, 0.5) is 5.69 Å². The number of benzene rings is 2. The van der Waals surface area contributed by atoms with Crippen molar-refractivity contribution in [2.75, 3.05) is 12.4 Å². The Bertz CT molecular complexity index is 938. The molecule has 0 bridgehead atoms. The molecule has 4 nitrogen and oxygen atoms in total. The van der Waals surface area contributed by atoms with Crippen LogP contribution in [0.3, 0.4) is 0 Å². The molecule has 2 aromatic carbocycles. The van der Waals surface area contributed by atoms with E-state index in [1.807, 2.05) is 50.2 Å². The fraction of sp³-hybridized carbons (Fsp3) is 0.158. The average Bonchev–Trinajstić information content (AvgIpc) is 2.57. The molecule has 1 aromatic heterocycles. The minimum absolute atomic E-state index is 0.205. The maximum Gasteiger partial charge on any atom is 0.257 e. The van der Waals surface area contributed by atoms with Gasteiger partial charge in [0.2, 0.25) is 0 Å². The van der Waals surface area contributed by atoms with Crippen LogP contribution in [0.2, 0.25) is 5.02 Å². The second kappa shape index (κ2) is 6.49. The summed E-state index contributed by atoms with van der Waals surface area (Å²) in [5.74, 6) is 0.532. The van der Waals surface area contributed by atoms with Gasteiger partial charge in [-0.2, -0.15) is 0 Å². The summed E-state index contributed by atoms with van der Waals surface area (Å²) in [6, 6.07) is 12.9. The van der Waals surface area contributed by atoms with E-state index in [0.29, 0.717) is 22.0 Å². The number of aromatic nitrogens is 1. The number of carbonyl (C=O) groups is 1. The zero-order valence-corrected chi connectivity index (χ0v) is 14.4. The van der Waals surface area contributed by atoms with E-state index in [9.17, 15) is 4.79 Å². The molecule has 3 rings (SSSR count). The van der Waals surface area contributed by atoms with Crippen molar-refractivity contribution < 1.29 is 9.53 Å². The molecule has 0 radical (unpaired) electrons. The molecule has 0 aliphatic heterocycles. The maximum atomic E-state index is 12.6. The zero-order valence-electron chi connectivity index (χ0n) is 13.7. The third kappa shape index (κ3) is 3.05. The zero-order chi connectivity index (χ0) is 17.3. The van der Waals surface area contributed by atoms with Gasteiger partial charge in [-0.25, -0.2) is 0 Å². The summed E-state index contributed by atoms with van der Waals surface area (Å²) in [6.45, 7) is 3.69. The van der Waals surface area contributed by atoms with Gasteiger partial charge in [-0.15, -0.1) is 0 Å². The lowest BCUT2D eigenvalue weighted by Crippen LogP contribution is -2.15. The van der Waals surface area contributed by atoms with E-state index in [-0.39, 0.29) is 5.91 Å². The fourth-order valence-electron chi connectivity index (χ4n) is 2.53. The number of aryl methyl sites for hydroxylation is 1. The van der Waals surface area contributed by atoms with Gasteiger partial charge in [0.1, 0.15) is 5.75 Å². The van der Waals surface area contributed by atoms with E-state index in [1.54, 1.807) is 13.2 Å². The molecule has 0 atom stereocenters. The number of hydrogen-bond acceptors (Lipinski definition) is 3. The Balaban J connectivity index is 1.97. The van der Waals surface area contributed by atoms with Gasteiger partial charge >= 0.3 is 0 Å². The highest BCUT2D eigenvalue weighted by Gasteiger charge is 2.14. The van der Waals surface area contributed by atoms with Crippen LogP contribution in [0.25, 0.3) is 10.9 Å². The number of nitrogens with one attached hydrogen (secondary N) is 1. The Morgan fingerprint density at radius 3 is 2.71 bits per heavy atom. The first-order valence-corrected chi connectivity index (χ1v) is 7.89. The molecular weight excluding hydrogens is 324 g/mol. The van der Waals surface area contributed by atoms with Gasteiger partial charge < -0.3 is 10.1 Å². The van der Waals surface area contributed by atoms with Gasteiger partial charge in [-0.3, -0.25) is 9.78 Å². The van der Waals surface area contributed by atoms with E-state index in [2.05, 4.69) is 10.3 Å². The number of anilines is 1. The predicted octanol–water partition coefficient (Wildman–Crippen LogP) is 4.77. The molecule has 0 spiro atoms. The van der Waals surface area contributed by atoms with E-state index in [1.165, 1.54) is 0 Å². The summed E-state index contributed by atoms with van der Waals surface area (Å²) in [5, 5.41) is 4.41. The number of hydrogen-bond donors (Lipinski definition) is 1. The first-order chi connectivity index (χ1) is 11.5. The lowest BCUT2D eigenvalue weighted by molar-refractivity contribution is 0.102. The molecule has 0 unspecified atom stereocenters. The standard InChI is InChI=1S/C19H17ClN2O2/c1-11-16(20)5-4-6-17(11)22-19(23)15-9-13-7-8-14(24-3)10-18(13)21-12(15)2/h4-10H,1-3H3,(H,22,23). The van der Waals surface area contributed by atoms with Gasteiger partial charge in [0.15, 0.2) is 0 Å². The topological polar surface area (TPSA) is 51.2 Å².